The lowest BCUT2D eigenvalue weighted by atomic mass is 10.2. The molecular formula is C22H19ClN2O4S2. The Kier molecular flexibility index (Phi) is 6.04. The summed E-state index contributed by atoms with van der Waals surface area (Å²) in [5.74, 6) is 0.665. The van der Waals surface area contributed by atoms with Gasteiger partial charge in [0.2, 0.25) is 0 Å². The second-order valence-corrected chi connectivity index (χ2v) is 9.89. The topological polar surface area (TPSA) is 77.4 Å². The van der Waals surface area contributed by atoms with Crippen molar-refractivity contribution >= 4 is 48.9 Å². The lowest BCUT2D eigenvalue weighted by Gasteiger charge is -2.10. The van der Waals surface area contributed by atoms with E-state index >= 15 is 0 Å². The number of hydrogen-bond acceptors (Lipinski definition) is 5. The average molecular weight is 475 g/mol. The number of nitrogens with zero attached hydrogens (tertiary/aromatic N) is 1. The molecule has 0 aliphatic heterocycles. The van der Waals surface area contributed by atoms with Gasteiger partial charge in [-0.1, -0.05) is 35.1 Å². The fraction of sp³-hybridized carbons (Fsp3) is 0.136. The zero-order valence-electron chi connectivity index (χ0n) is 16.5. The van der Waals surface area contributed by atoms with Crippen LogP contribution in [0.3, 0.4) is 0 Å². The van der Waals surface area contributed by atoms with Crippen molar-refractivity contribution in [2.24, 2.45) is 0 Å². The van der Waals surface area contributed by atoms with Gasteiger partial charge >= 0.3 is 4.87 Å². The third-order valence-corrected chi connectivity index (χ3v) is 7.19. The molecule has 0 fully saturated rings. The van der Waals surface area contributed by atoms with E-state index in [0.29, 0.717) is 39.8 Å². The monoisotopic (exact) mass is 474 g/mol. The van der Waals surface area contributed by atoms with Crippen LogP contribution in [0.5, 0.6) is 5.75 Å². The van der Waals surface area contributed by atoms with E-state index in [0.717, 1.165) is 16.9 Å². The summed E-state index contributed by atoms with van der Waals surface area (Å²) in [7, 11) is -3.81. The lowest BCUT2D eigenvalue weighted by Crippen LogP contribution is -2.14. The van der Waals surface area contributed by atoms with Crippen LogP contribution < -0.4 is 14.3 Å². The van der Waals surface area contributed by atoms with E-state index in [9.17, 15) is 13.2 Å². The molecule has 0 radical (unpaired) electrons. The van der Waals surface area contributed by atoms with Crippen LogP contribution in [0, 0.1) is 0 Å². The van der Waals surface area contributed by atoms with Gasteiger partial charge in [-0.05, 0) is 67.1 Å². The third kappa shape index (κ3) is 4.76. The molecule has 0 saturated heterocycles. The predicted molar refractivity (Wildman–Crippen MR) is 125 cm³/mol. The van der Waals surface area contributed by atoms with Crippen molar-refractivity contribution in [3.63, 3.8) is 0 Å². The van der Waals surface area contributed by atoms with Gasteiger partial charge in [0.25, 0.3) is 10.0 Å². The first-order chi connectivity index (χ1) is 14.9. The number of ether oxygens (including phenoxy) is 1. The summed E-state index contributed by atoms with van der Waals surface area (Å²) < 4.78 is 35.8. The summed E-state index contributed by atoms with van der Waals surface area (Å²) in [6, 6.07) is 18.6. The predicted octanol–water partition coefficient (Wildman–Crippen LogP) is 4.96. The summed E-state index contributed by atoms with van der Waals surface area (Å²) in [6.07, 6.45) is 0. The average Bonchev–Trinajstić information content (AvgIpc) is 3.05. The molecule has 0 unspecified atom stereocenters. The molecule has 0 bridgehead atoms. The van der Waals surface area contributed by atoms with Gasteiger partial charge in [0.15, 0.2) is 0 Å². The minimum atomic E-state index is -3.81. The van der Waals surface area contributed by atoms with E-state index in [1.807, 2.05) is 19.1 Å². The Balaban J connectivity index is 1.61. The van der Waals surface area contributed by atoms with Gasteiger partial charge in [0.05, 0.1) is 28.3 Å². The van der Waals surface area contributed by atoms with Gasteiger partial charge in [-0.15, -0.1) is 0 Å². The number of benzene rings is 3. The number of halogens is 1. The Morgan fingerprint density at radius 1 is 1.03 bits per heavy atom. The van der Waals surface area contributed by atoms with Crippen LogP contribution in [0.4, 0.5) is 5.69 Å². The molecule has 0 aliphatic carbocycles. The van der Waals surface area contributed by atoms with Crippen LogP contribution in [0.2, 0.25) is 5.02 Å². The zero-order valence-corrected chi connectivity index (χ0v) is 18.9. The maximum atomic E-state index is 12.8. The number of thiazole rings is 1. The Labute approximate surface area is 188 Å². The number of hydrogen-bond donors (Lipinski definition) is 1. The molecule has 0 amide bonds. The highest BCUT2D eigenvalue weighted by Crippen LogP contribution is 2.25. The van der Waals surface area contributed by atoms with Gasteiger partial charge in [-0.25, -0.2) is 8.42 Å². The summed E-state index contributed by atoms with van der Waals surface area (Å²) in [5.41, 5.74) is 2.04. The molecule has 3 aromatic carbocycles. The third-order valence-electron chi connectivity index (χ3n) is 4.62. The molecule has 9 heteroatoms. The molecule has 0 aliphatic rings. The molecule has 6 nitrogen and oxygen atoms in total. The van der Waals surface area contributed by atoms with Crippen molar-refractivity contribution in [1.82, 2.24) is 4.57 Å². The summed E-state index contributed by atoms with van der Waals surface area (Å²) in [5, 5.41) is 0.626. The maximum absolute atomic E-state index is 12.8. The summed E-state index contributed by atoms with van der Waals surface area (Å²) >= 11 is 6.94. The molecule has 0 saturated carbocycles. The van der Waals surface area contributed by atoms with Crippen LogP contribution in [-0.4, -0.2) is 19.6 Å². The molecule has 0 spiro atoms. The lowest BCUT2D eigenvalue weighted by molar-refractivity contribution is 0.340. The first-order valence-electron chi connectivity index (χ1n) is 9.49. The fourth-order valence-corrected chi connectivity index (χ4v) is 5.35. The van der Waals surface area contributed by atoms with E-state index in [-0.39, 0.29) is 9.77 Å². The number of anilines is 1. The van der Waals surface area contributed by atoms with Gasteiger partial charge in [-0.2, -0.15) is 0 Å². The molecule has 1 N–H and O–H groups in total. The van der Waals surface area contributed by atoms with E-state index in [1.165, 1.54) is 12.1 Å². The SMILES string of the molecule is CCOc1ccc(NS(=O)(=O)c2ccc3c(c2)sc(=O)n3Cc2ccc(Cl)cc2)cc1. The normalized spacial score (nSPS) is 11.5. The largest absolute Gasteiger partial charge is 0.494 e. The van der Waals surface area contributed by atoms with Gasteiger partial charge in [0.1, 0.15) is 5.75 Å². The smallest absolute Gasteiger partial charge is 0.308 e. The van der Waals surface area contributed by atoms with E-state index < -0.39 is 10.0 Å². The number of fused-ring (bicyclic) bond motifs is 1. The second kappa shape index (κ2) is 8.74. The Bertz CT molecular complexity index is 1380. The Hall–Kier alpha value is -2.81. The van der Waals surface area contributed by atoms with Crippen LogP contribution in [0.1, 0.15) is 12.5 Å². The van der Waals surface area contributed by atoms with E-state index in [4.69, 9.17) is 16.3 Å². The molecule has 1 heterocycles. The van der Waals surface area contributed by atoms with Crippen LogP contribution in [-0.2, 0) is 16.6 Å². The van der Waals surface area contributed by atoms with Gasteiger partial charge in [0, 0.05) is 10.7 Å². The first-order valence-corrected chi connectivity index (χ1v) is 12.2. The van der Waals surface area contributed by atoms with E-state index in [1.54, 1.807) is 47.0 Å². The quantitative estimate of drug-likeness (QED) is 0.410. The molecular weight excluding hydrogens is 456 g/mol. The first kappa shape index (κ1) is 21.4. The minimum Gasteiger partial charge on any atom is -0.494 e. The van der Waals surface area contributed by atoms with E-state index in [2.05, 4.69) is 4.72 Å². The standard InChI is InChI=1S/C22H19ClN2O4S2/c1-2-29-18-9-7-17(8-10-18)24-31(27,28)19-11-12-20-21(13-19)30-22(26)25(20)14-15-3-5-16(23)6-4-15/h3-13,24H,2,14H2,1H3. The van der Waals surface area contributed by atoms with Crippen LogP contribution >= 0.6 is 22.9 Å². The van der Waals surface area contributed by atoms with Crippen molar-refractivity contribution in [3.8, 4) is 5.75 Å². The van der Waals surface area contributed by atoms with Crippen molar-refractivity contribution in [2.75, 3.05) is 11.3 Å². The zero-order chi connectivity index (χ0) is 22.0. The minimum absolute atomic E-state index is 0.0915. The van der Waals surface area contributed by atoms with Crippen molar-refractivity contribution in [3.05, 3.63) is 87.0 Å². The number of nitrogens with one attached hydrogen (secondary N) is 1. The summed E-state index contributed by atoms with van der Waals surface area (Å²) in [4.78, 5) is 12.5. The molecule has 4 aromatic rings. The highest BCUT2D eigenvalue weighted by Gasteiger charge is 2.17. The molecule has 4 rings (SSSR count). The number of sulfonamides is 1. The van der Waals surface area contributed by atoms with Crippen LogP contribution in [0.25, 0.3) is 10.2 Å². The number of rotatable bonds is 7. The second-order valence-electron chi connectivity index (χ2n) is 6.77. The van der Waals surface area contributed by atoms with Gasteiger partial charge < -0.3 is 4.74 Å². The van der Waals surface area contributed by atoms with Crippen molar-refractivity contribution in [2.45, 2.75) is 18.4 Å². The highest BCUT2D eigenvalue weighted by atomic mass is 35.5. The number of aromatic nitrogens is 1. The van der Waals surface area contributed by atoms with Crippen LogP contribution in [0.15, 0.2) is 76.4 Å². The summed E-state index contributed by atoms with van der Waals surface area (Å²) in [6.45, 7) is 2.79. The molecule has 31 heavy (non-hydrogen) atoms. The van der Waals surface area contributed by atoms with Gasteiger partial charge in [-0.3, -0.25) is 14.1 Å². The van der Waals surface area contributed by atoms with Crippen molar-refractivity contribution in [1.29, 1.82) is 0 Å². The molecule has 160 valence electrons. The Morgan fingerprint density at radius 2 is 1.74 bits per heavy atom. The fourth-order valence-electron chi connectivity index (χ4n) is 3.14. The molecule has 1 aromatic heterocycles. The van der Waals surface area contributed by atoms with Crippen molar-refractivity contribution < 1.29 is 13.2 Å². The highest BCUT2D eigenvalue weighted by molar-refractivity contribution is 7.92. The maximum Gasteiger partial charge on any atom is 0.308 e. The Morgan fingerprint density at radius 3 is 2.42 bits per heavy atom. The molecule has 0 atom stereocenters.